The summed E-state index contributed by atoms with van der Waals surface area (Å²) in [6.07, 6.45) is 0.944. The van der Waals surface area contributed by atoms with Crippen LogP contribution in [0.2, 0.25) is 0 Å². The summed E-state index contributed by atoms with van der Waals surface area (Å²) in [6, 6.07) is 6.30. The number of benzene rings is 1. The molecule has 20 heavy (non-hydrogen) atoms. The van der Waals surface area contributed by atoms with Crippen LogP contribution in [-0.4, -0.2) is 32.7 Å². The number of amides is 1. The Kier molecular flexibility index (Phi) is 9.67. The molecular formula is C13H19ClF2N2O2. The molecule has 0 saturated carbocycles. The molecule has 1 aromatic carbocycles. The van der Waals surface area contributed by atoms with Crippen molar-refractivity contribution in [2.75, 3.05) is 20.1 Å². The third-order valence-electron chi connectivity index (χ3n) is 2.49. The summed E-state index contributed by atoms with van der Waals surface area (Å²) in [5.41, 5.74) is 0.908. The van der Waals surface area contributed by atoms with Crippen LogP contribution in [0.4, 0.5) is 8.78 Å². The molecule has 2 N–H and O–H groups in total. The van der Waals surface area contributed by atoms with Crippen LogP contribution >= 0.6 is 12.4 Å². The first-order valence-electron chi connectivity index (χ1n) is 6.07. The van der Waals surface area contributed by atoms with E-state index in [1.807, 2.05) is 7.05 Å². The van der Waals surface area contributed by atoms with Gasteiger partial charge in [-0.1, -0.05) is 12.1 Å². The fourth-order valence-electron chi connectivity index (χ4n) is 1.51. The van der Waals surface area contributed by atoms with Crippen LogP contribution in [0.3, 0.4) is 0 Å². The van der Waals surface area contributed by atoms with Gasteiger partial charge in [-0.15, -0.1) is 12.4 Å². The van der Waals surface area contributed by atoms with Gasteiger partial charge >= 0.3 is 6.61 Å². The molecule has 0 aromatic heterocycles. The van der Waals surface area contributed by atoms with E-state index in [-0.39, 0.29) is 24.1 Å². The first kappa shape index (κ1) is 18.6. The molecule has 1 aromatic rings. The monoisotopic (exact) mass is 308 g/mol. The Morgan fingerprint density at radius 3 is 2.45 bits per heavy atom. The number of rotatable bonds is 8. The summed E-state index contributed by atoms with van der Waals surface area (Å²) in [5.74, 6) is 0.0976. The van der Waals surface area contributed by atoms with Crippen molar-refractivity contribution in [3.05, 3.63) is 29.8 Å². The molecule has 0 aliphatic rings. The molecule has 0 atom stereocenters. The highest BCUT2D eigenvalue weighted by Crippen LogP contribution is 2.15. The van der Waals surface area contributed by atoms with E-state index in [0.717, 1.165) is 12.1 Å². The standard InChI is InChI=1S/C13H18F2N2O2.ClH/c1-16-8-9-17-12(18)7-4-10-2-5-11(6-3-10)19-13(14)15;/h2-3,5-6,13,16H,4,7-9H2,1H3,(H,17,18);1H. The molecule has 0 unspecified atom stereocenters. The van der Waals surface area contributed by atoms with Crippen molar-refractivity contribution in [1.29, 1.82) is 0 Å². The maximum absolute atomic E-state index is 11.9. The summed E-state index contributed by atoms with van der Waals surface area (Å²) in [4.78, 5) is 11.4. The highest BCUT2D eigenvalue weighted by molar-refractivity contribution is 5.85. The van der Waals surface area contributed by atoms with Gasteiger partial charge < -0.3 is 15.4 Å². The summed E-state index contributed by atoms with van der Waals surface area (Å²) < 4.78 is 28.1. The first-order chi connectivity index (χ1) is 9.11. The Balaban J connectivity index is 0.00000361. The van der Waals surface area contributed by atoms with Crippen molar-refractivity contribution in [3.8, 4) is 5.75 Å². The van der Waals surface area contributed by atoms with E-state index in [9.17, 15) is 13.6 Å². The Hall–Kier alpha value is -1.40. The molecule has 0 aliphatic carbocycles. The Labute approximate surface area is 123 Å². The van der Waals surface area contributed by atoms with Crippen molar-refractivity contribution in [2.45, 2.75) is 19.5 Å². The number of hydrogen-bond acceptors (Lipinski definition) is 3. The SMILES string of the molecule is CNCCNC(=O)CCc1ccc(OC(F)F)cc1.Cl. The van der Waals surface area contributed by atoms with Gasteiger partial charge in [-0.3, -0.25) is 4.79 Å². The van der Waals surface area contributed by atoms with E-state index >= 15 is 0 Å². The number of ether oxygens (including phenoxy) is 1. The summed E-state index contributed by atoms with van der Waals surface area (Å²) in [6.45, 7) is -1.49. The van der Waals surface area contributed by atoms with Crippen LogP contribution in [0.25, 0.3) is 0 Å². The third-order valence-corrected chi connectivity index (χ3v) is 2.49. The van der Waals surface area contributed by atoms with E-state index in [2.05, 4.69) is 15.4 Å². The topological polar surface area (TPSA) is 50.4 Å². The van der Waals surface area contributed by atoms with Crippen molar-refractivity contribution < 1.29 is 18.3 Å². The number of hydrogen-bond donors (Lipinski definition) is 2. The number of carbonyl (C=O) groups is 1. The molecule has 114 valence electrons. The highest BCUT2D eigenvalue weighted by atomic mass is 35.5. The summed E-state index contributed by atoms with van der Waals surface area (Å²) >= 11 is 0. The van der Waals surface area contributed by atoms with Gasteiger partial charge in [-0.25, -0.2) is 0 Å². The van der Waals surface area contributed by atoms with Crippen molar-refractivity contribution in [1.82, 2.24) is 10.6 Å². The van der Waals surface area contributed by atoms with E-state index in [0.29, 0.717) is 19.4 Å². The number of nitrogens with one attached hydrogen (secondary N) is 2. The number of likely N-dealkylation sites (N-methyl/N-ethyl adjacent to an activating group) is 1. The minimum absolute atomic E-state index is 0. The number of aryl methyl sites for hydroxylation is 1. The fourth-order valence-corrected chi connectivity index (χ4v) is 1.51. The lowest BCUT2D eigenvalue weighted by atomic mass is 10.1. The Bertz CT molecular complexity index is 388. The number of halogens is 3. The molecule has 1 amide bonds. The minimum Gasteiger partial charge on any atom is -0.435 e. The maximum Gasteiger partial charge on any atom is 0.387 e. The van der Waals surface area contributed by atoms with E-state index in [4.69, 9.17) is 0 Å². The molecule has 4 nitrogen and oxygen atoms in total. The Morgan fingerprint density at radius 2 is 1.90 bits per heavy atom. The predicted octanol–water partition coefficient (Wildman–Crippen LogP) is 1.98. The van der Waals surface area contributed by atoms with Crippen LogP contribution in [0.1, 0.15) is 12.0 Å². The fraction of sp³-hybridized carbons (Fsp3) is 0.462. The van der Waals surface area contributed by atoms with Crippen LogP contribution in [0, 0.1) is 0 Å². The average Bonchev–Trinajstić information content (AvgIpc) is 2.37. The van der Waals surface area contributed by atoms with Crippen LogP contribution in [0.15, 0.2) is 24.3 Å². The van der Waals surface area contributed by atoms with Gasteiger partial charge in [0.05, 0.1) is 0 Å². The maximum atomic E-state index is 11.9. The lowest BCUT2D eigenvalue weighted by Crippen LogP contribution is -2.30. The number of carbonyl (C=O) groups excluding carboxylic acids is 1. The smallest absolute Gasteiger partial charge is 0.387 e. The van der Waals surface area contributed by atoms with E-state index in [1.54, 1.807) is 12.1 Å². The number of alkyl halides is 2. The zero-order valence-electron chi connectivity index (χ0n) is 11.2. The quantitative estimate of drug-likeness (QED) is 0.722. The molecule has 0 spiro atoms. The van der Waals surface area contributed by atoms with Crippen LogP contribution < -0.4 is 15.4 Å². The molecule has 0 bridgehead atoms. The predicted molar refractivity (Wildman–Crippen MR) is 75.6 cm³/mol. The van der Waals surface area contributed by atoms with Gasteiger partial charge in [0, 0.05) is 19.5 Å². The second-order valence-electron chi connectivity index (χ2n) is 3.98. The largest absolute Gasteiger partial charge is 0.435 e. The van der Waals surface area contributed by atoms with Crippen molar-refractivity contribution in [3.63, 3.8) is 0 Å². The van der Waals surface area contributed by atoms with Gasteiger partial charge in [-0.2, -0.15) is 8.78 Å². The van der Waals surface area contributed by atoms with E-state index in [1.165, 1.54) is 12.1 Å². The zero-order chi connectivity index (χ0) is 14.1. The van der Waals surface area contributed by atoms with Gasteiger partial charge in [0.15, 0.2) is 0 Å². The van der Waals surface area contributed by atoms with E-state index < -0.39 is 6.61 Å². The highest BCUT2D eigenvalue weighted by Gasteiger charge is 2.05. The first-order valence-corrected chi connectivity index (χ1v) is 6.07. The molecule has 7 heteroatoms. The van der Waals surface area contributed by atoms with Crippen molar-refractivity contribution >= 4 is 18.3 Å². The molecular weight excluding hydrogens is 290 g/mol. The van der Waals surface area contributed by atoms with Crippen LogP contribution in [0.5, 0.6) is 5.75 Å². The third kappa shape index (κ3) is 7.91. The molecule has 0 radical (unpaired) electrons. The van der Waals surface area contributed by atoms with Gasteiger partial charge in [0.1, 0.15) is 5.75 Å². The second kappa shape index (κ2) is 10.4. The molecule has 0 heterocycles. The summed E-state index contributed by atoms with van der Waals surface area (Å²) in [7, 11) is 1.81. The second-order valence-corrected chi connectivity index (χ2v) is 3.98. The lowest BCUT2D eigenvalue weighted by Gasteiger charge is -2.06. The lowest BCUT2D eigenvalue weighted by molar-refractivity contribution is -0.121. The average molecular weight is 309 g/mol. The summed E-state index contributed by atoms with van der Waals surface area (Å²) in [5, 5.41) is 5.69. The molecule has 0 aliphatic heterocycles. The van der Waals surface area contributed by atoms with Gasteiger partial charge in [0.2, 0.25) is 5.91 Å². The molecule has 0 saturated heterocycles. The van der Waals surface area contributed by atoms with Crippen LogP contribution in [-0.2, 0) is 11.2 Å². The molecule has 1 rings (SSSR count). The van der Waals surface area contributed by atoms with Gasteiger partial charge in [-0.05, 0) is 31.2 Å². The zero-order valence-corrected chi connectivity index (χ0v) is 12.0. The molecule has 0 fully saturated rings. The normalized spacial score (nSPS) is 10.0. The minimum atomic E-state index is -2.82. The Morgan fingerprint density at radius 1 is 1.25 bits per heavy atom. The van der Waals surface area contributed by atoms with Crippen molar-refractivity contribution in [2.24, 2.45) is 0 Å². The van der Waals surface area contributed by atoms with Gasteiger partial charge in [0.25, 0.3) is 0 Å².